The molecule has 2 rings (SSSR count). The van der Waals surface area contributed by atoms with Gasteiger partial charge >= 0.3 is 0 Å². The van der Waals surface area contributed by atoms with Crippen LogP contribution in [0, 0.1) is 12.7 Å². The van der Waals surface area contributed by atoms with Gasteiger partial charge in [-0.3, -0.25) is 0 Å². The minimum atomic E-state index is -0.327. The Hall–Kier alpha value is -0.970. The molecule has 0 aliphatic rings. The SMILES string of the molecule is CCCNC(C)c1sc(-c2c(F)cccc2Cl)nc1C. The third-order valence-corrected chi connectivity index (χ3v) is 4.78. The maximum atomic E-state index is 13.9. The second kappa shape index (κ2) is 6.66. The lowest BCUT2D eigenvalue weighted by Crippen LogP contribution is -2.18. The van der Waals surface area contributed by atoms with Crippen LogP contribution < -0.4 is 5.32 Å². The van der Waals surface area contributed by atoms with Gasteiger partial charge in [0.1, 0.15) is 10.8 Å². The lowest BCUT2D eigenvalue weighted by Gasteiger charge is -2.11. The standard InChI is InChI=1S/C15H18ClFN2S/c1-4-8-18-9(2)14-10(3)19-15(20-14)13-11(16)6-5-7-12(13)17/h5-7,9,18H,4,8H2,1-3H3. The molecular weight excluding hydrogens is 295 g/mol. The molecule has 20 heavy (non-hydrogen) atoms. The highest BCUT2D eigenvalue weighted by Crippen LogP contribution is 2.36. The molecular formula is C15H18ClFN2S. The smallest absolute Gasteiger partial charge is 0.134 e. The number of nitrogens with zero attached hydrogens (tertiary/aromatic N) is 1. The highest BCUT2D eigenvalue weighted by Gasteiger charge is 2.18. The summed E-state index contributed by atoms with van der Waals surface area (Å²) in [6.07, 6.45) is 1.08. The maximum absolute atomic E-state index is 13.9. The van der Waals surface area contributed by atoms with Gasteiger partial charge in [0.05, 0.1) is 16.3 Å². The van der Waals surface area contributed by atoms with Crippen molar-refractivity contribution in [3.8, 4) is 10.6 Å². The van der Waals surface area contributed by atoms with E-state index in [4.69, 9.17) is 11.6 Å². The first-order valence-corrected chi connectivity index (χ1v) is 7.89. The van der Waals surface area contributed by atoms with Gasteiger partial charge in [-0.1, -0.05) is 24.6 Å². The van der Waals surface area contributed by atoms with E-state index in [1.807, 2.05) is 6.92 Å². The van der Waals surface area contributed by atoms with Gasteiger partial charge in [-0.2, -0.15) is 0 Å². The van der Waals surface area contributed by atoms with E-state index in [1.54, 1.807) is 12.1 Å². The van der Waals surface area contributed by atoms with E-state index >= 15 is 0 Å². The second-order valence-corrected chi connectivity index (χ2v) is 6.18. The van der Waals surface area contributed by atoms with Gasteiger partial charge in [-0.15, -0.1) is 11.3 Å². The van der Waals surface area contributed by atoms with Crippen LogP contribution >= 0.6 is 22.9 Å². The fourth-order valence-electron chi connectivity index (χ4n) is 2.07. The highest BCUT2D eigenvalue weighted by molar-refractivity contribution is 7.15. The zero-order valence-electron chi connectivity index (χ0n) is 11.8. The van der Waals surface area contributed by atoms with Crippen LogP contribution in [0.2, 0.25) is 5.02 Å². The molecule has 1 heterocycles. The molecule has 1 unspecified atom stereocenters. The summed E-state index contributed by atoms with van der Waals surface area (Å²) in [5.74, 6) is -0.327. The van der Waals surface area contributed by atoms with Gasteiger partial charge in [-0.05, 0) is 38.9 Å². The Morgan fingerprint density at radius 2 is 2.20 bits per heavy atom. The van der Waals surface area contributed by atoms with Crippen LogP contribution in [0.5, 0.6) is 0 Å². The second-order valence-electron chi connectivity index (χ2n) is 4.74. The highest BCUT2D eigenvalue weighted by atomic mass is 35.5. The summed E-state index contributed by atoms with van der Waals surface area (Å²) in [5, 5.41) is 4.47. The Labute approximate surface area is 128 Å². The van der Waals surface area contributed by atoms with E-state index in [-0.39, 0.29) is 11.9 Å². The quantitative estimate of drug-likeness (QED) is 0.843. The van der Waals surface area contributed by atoms with Gasteiger partial charge in [0, 0.05) is 10.9 Å². The zero-order chi connectivity index (χ0) is 14.7. The van der Waals surface area contributed by atoms with Gasteiger partial charge in [0.15, 0.2) is 0 Å². The summed E-state index contributed by atoms with van der Waals surface area (Å²) >= 11 is 7.60. The average Bonchev–Trinajstić information content (AvgIpc) is 2.77. The third kappa shape index (κ3) is 3.19. The van der Waals surface area contributed by atoms with Crippen LogP contribution in [0.1, 0.15) is 36.9 Å². The average molecular weight is 313 g/mol. The molecule has 2 aromatic rings. The summed E-state index contributed by atoms with van der Waals surface area (Å²) < 4.78 is 13.9. The van der Waals surface area contributed by atoms with Crippen LogP contribution in [0.25, 0.3) is 10.6 Å². The topological polar surface area (TPSA) is 24.9 Å². The molecule has 0 aliphatic heterocycles. The Bertz CT molecular complexity index is 577. The van der Waals surface area contributed by atoms with Crippen molar-refractivity contribution < 1.29 is 4.39 Å². The number of hydrogen-bond donors (Lipinski definition) is 1. The number of thiazole rings is 1. The van der Waals surface area contributed by atoms with E-state index in [1.165, 1.54) is 17.4 Å². The predicted molar refractivity (Wildman–Crippen MR) is 84.0 cm³/mol. The van der Waals surface area contributed by atoms with Crippen molar-refractivity contribution in [2.45, 2.75) is 33.2 Å². The van der Waals surface area contributed by atoms with Crippen molar-refractivity contribution in [2.75, 3.05) is 6.54 Å². The van der Waals surface area contributed by atoms with E-state index in [0.29, 0.717) is 15.6 Å². The predicted octanol–water partition coefficient (Wildman–Crippen LogP) is 4.97. The maximum Gasteiger partial charge on any atom is 0.134 e. The van der Waals surface area contributed by atoms with E-state index < -0.39 is 0 Å². The van der Waals surface area contributed by atoms with Gasteiger partial charge in [0.25, 0.3) is 0 Å². The monoisotopic (exact) mass is 312 g/mol. The molecule has 0 fully saturated rings. The Morgan fingerprint density at radius 1 is 1.45 bits per heavy atom. The summed E-state index contributed by atoms with van der Waals surface area (Å²) in [4.78, 5) is 5.62. The minimum absolute atomic E-state index is 0.215. The van der Waals surface area contributed by atoms with E-state index in [0.717, 1.165) is 23.5 Å². The van der Waals surface area contributed by atoms with E-state index in [9.17, 15) is 4.39 Å². The first-order chi connectivity index (χ1) is 9.54. The molecule has 0 saturated heterocycles. The number of aromatic nitrogens is 1. The zero-order valence-corrected chi connectivity index (χ0v) is 13.4. The molecule has 1 atom stereocenters. The number of rotatable bonds is 5. The van der Waals surface area contributed by atoms with Crippen molar-refractivity contribution in [3.05, 3.63) is 39.6 Å². The first kappa shape index (κ1) is 15.4. The summed E-state index contributed by atoms with van der Waals surface area (Å²) in [6.45, 7) is 7.13. The Morgan fingerprint density at radius 3 is 2.85 bits per heavy atom. The number of aryl methyl sites for hydroxylation is 1. The fraction of sp³-hybridized carbons (Fsp3) is 0.400. The van der Waals surface area contributed by atoms with Crippen molar-refractivity contribution in [1.29, 1.82) is 0 Å². The molecule has 0 bridgehead atoms. The van der Waals surface area contributed by atoms with Crippen LogP contribution in [0.4, 0.5) is 4.39 Å². The van der Waals surface area contributed by atoms with Crippen molar-refractivity contribution in [3.63, 3.8) is 0 Å². The molecule has 0 amide bonds. The lowest BCUT2D eigenvalue weighted by atomic mass is 10.2. The van der Waals surface area contributed by atoms with Crippen LogP contribution in [0.15, 0.2) is 18.2 Å². The molecule has 5 heteroatoms. The first-order valence-electron chi connectivity index (χ1n) is 6.69. The molecule has 1 aromatic carbocycles. The van der Waals surface area contributed by atoms with Gasteiger partial charge < -0.3 is 5.32 Å². The normalized spacial score (nSPS) is 12.7. The molecule has 0 radical (unpaired) electrons. The molecule has 1 aromatic heterocycles. The van der Waals surface area contributed by atoms with Crippen LogP contribution in [0.3, 0.4) is 0 Å². The van der Waals surface area contributed by atoms with Crippen molar-refractivity contribution >= 4 is 22.9 Å². The van der Waals surface area contributed by atoms with Gasteiger partial charge in [0.2, 0.25) is 0 Å². The largest absolute Gasteiger partial charge is 0.309 e. The van der Waals surface area contributed by atoms with Crippen LogP contribution in [-0.4, -0.2) is 11.5 Å². The molecule has 0 saturated carbocycles. The Balaban J connectivity index is 2.36. The van der Waals surface area contributed by atoms with E-state index in [2.05, 4.69) is 24.1 Å². The molecule has 1 N–H and O–H groups in total. The molecule has 0 spiro atoms. The molecule has 0 aliphatic carbocycles. The summed E-state index contributed by atoms with van der Waals surface area (Å²) in [7, 11) is 0. The summed E-state index contributed by atoms with van der Waals surface area (Å²) in [5.41, 5.74) is 1.33. The van der Waals surface area contributed by atoms with Crippen molar-refractivity contribution in [1.82, 2.24) is 10.3 Å². The number of nitrogens with one attached hydrogen (secondary N) is 1. The fourth-order valence-corrected chi connectivity index (χ4v) is 3.53. The molecule has 2 nitrogen and oxygen atoms in total. The van der Waals surface area contributed by atoms with Crippen LogP contribution in [-0.2, 0) is 0 Å². The van der Waals surface area contributed by atoms with Gasteiger partial charge in [-0.25, -0.2) is 9.37 Å². The number of benzene rings is 1. The number of halogens is 2. The number of hydrogen-bond acceptors (Lipinski definition) is 3. The lowest BCUT2D eigenvalue weighted by molar-refractivity contribution is 0.575. The summed E-state index contributed by atoms with van der Waals surface area (Å²) in [6, 6.07) is 4.92. The third-order valence-electron chi connectivity index (χ3n) is 3.10. The minimum Gasteiger partial charge on any atom is -0.309 e. The molecule has 108 valence electrons. The van der Waals surface area contributed by atoms with Crippen molar-refractivity contribution in [2.24, 2.45) is 0 Å². The Kier molecular flexibility index (Phi) is 5.13.